The van der Waals surface area contributed by atoms with Gasteiger partial charge in [-0.25, -0.2) is 4.98 Å². The molecule has 0 unspecified atom stereocenters. The quantitative estimate of drug-likeness (QED) is 0.742. The number of likely N-dealkylation sites (N-methyl/N-ethyl adjacent to an activating group) is 1. The maximum Gasteiger partial charge on any atom is 0.213 e. The average molecular weight is 265 g/mol. The lowest BCUT2D eigenvalue weighted by Crippen LogP contribution is -2.28. The molecule has 1 aromatic heterocycles. The van der Waals surface area contributed by atoms with Crippen molar-refractivity contribution in [3.05, 3.63) is 23.4 Å². The number of ether oxygens (including phenoxy) is 1. The average Bonchev–Trinajstić information content (AvgIpc) is 2.43. The smallest absolute Gasteiger partial charge is 0.213 e. The van der Waals surface area contributed by atoms with Crippen molar-refractivity contribution in [3.8, 4) is 5.88 Å². The second-order valence-electron chi connectivity index (χ2n) is 4.56. The van der Waals surface area contributed by atoms with Gasteiger partial charge in [0.25, 0.3) is 0 Å². The molecule has 19 heavy (non-hydrogen) atoms. The lowest BCUT2D eigenvalue weighted by atomic mass is 10.2. The molecule has 0 aromatic carbocycles. The molecule has 4 heteroatoms. The Bertz CT molecular complexity index is 364. The molecule has 0 saturated carbocycles. The molecule has 1 heterocycles. The number of aromatic nitrogens is 1. The van der Waals surface area contributed by atoms with Gasteiger partial charge in [-0.1, -0.05) is 20.8 Å². The molecule has 0 fully saturated rings. The molecule has 0 bridgehead atoms. The third-order valence-electron chi connectivity index (χ3n) is 3.21. The molecular weight excluding hydrogens is 238 g/mol. The van der Waals surface area contributed by atoms with Crippen molar-refractivity contribution in [3.63, 3.8) is 0 Å². The van der Waals surface area contributed by atoms with Crippen molar-refractivity contribution in [2.45, 2.75) is 33.7 Å². The molecule has 1 N–H and O–H groups in total. The number of nitrogens with zero attached hydrogens (tertiary/aromatic N) is 2. The Morgan fingerprint density at radius 1 is 1.21 bits per heavy atom. The normalized spacial score (nSPS) is 11.0. The third kappa shape index (κ3) is 5.57. The highest BCUT2D eigenvalue weighted by molar-refractivity contribution is 5.25. The molecule has 0 aliphatic carbocycles. The monoisotopic (exact) mass is 265 g/mol. The summed E-state index contributed by atoms with van der Waals surface area (Å²) in [7, 11) is 1.95. The first-order valence-corrected chi connectivity index (χ1v) is 7.23. The van der Waals surface area contributed by atoms with Gasteiger partial charge < -0.3 is 15.0 Å². The zero-order valence-electron chi connectivity index (χ0n) is 12.7. The first-order chi connectivity index (χ1) is 9.23. The molecule has 0 spiro atoms. The summed E-state index contributed by atoms with van der Waals surface area (Å²) < 4.78 is 5.79. The predicted molar refractivity (Wildman–Crippen MR) is 79.7 cm³/mol. The largest absolute Gasteiger partial charge is 0.476 e. The van der Waals surface area contributed by atoms with Crippen molar-refractivity contribution >= 4 is 0 Å². The van der Waals surface area contributed by atoms with E-state index in [0.29, 0.717) is 6.61 Å². The van der Waals surface area contributed by atoms with Crippen molar-refractivity contribution in [2.24, 2.45) is 0 Å². The second-order valence-corrected chi connectivity index (χ2v) is 4.56. The first-order valence-electron chi connectivity index (χ1n) is 7.23. The number of pyridine rings is 1. The Morgan fingerprint density at radius 2 is 1.95 bits per heavy atom. The minimum absolute atomic E-state index is 0.695. The molecule has 1 rings (SSSR count). The SMILES string of the molecule is CCc1cc(CNC)cc(OCCN(CC)CC)n1. The van der Waals surface area contributed by atoms with Crippen molar-refractivity contribution in [1.29, 1.82) is 0 Å². The zero-order chi connectivity index (χ0) is 14.1. The van der Waals surface area contributed by atoms with Gasteiger partial charge in [0, 0.05) is 24.8 Å². The van der Waals surface area contributed by atoms with Gasteiger partial charge in [-0.05, 0) is 38.2 Å². The number of nitrogens with one attached hydrogen (secondary N) is 1. The molecule has 4 nitrogen and oxygen atoms in total. The summed E-state index contributed by atoms with van der Waals surface area (Å²) in [5, 5.41) is 3.16. The number of hydrogen-bond donors (Lipinski definition) is 1. The fourth-order valence-electron chi connectivity index (χ4n) is 2.00. The van der Waals surface area contributed by atoms with E-state index in [-0.39, 0.29) is 0 Å². The van der Waals surface area contributed by atoms with E-state index in [2.05, 4.69) is 42.0 Å². The maximum absolute atomic E-state index is 5.79. The Hall–Kier alpha value is -1.13. The molecule has 0 atom stereocenters. The Balaban J connectivity index is 2.58. The molecule has 0 radical (unpaired) electrons. The summed E-state index contributed by atoms with van der Waals surface area (Å²) >= 11 is 0. The van der Waals surface area contributed by atoms with Gasteiger partial charge >= 0.3 is 0 Å². The van der Waals surface area contributed by atoms with Gasteiger partial charge in [0.1, 0.15) is 6.61 Å². The van der Waals surface area contributed by atoms with Crippen molar-refractivity contribution < 1.29 is 4.74 Å². The van der Waals surface area contributed by atoms with E-state index in [1.165, 1.54) is 5.56 Å². The highest BCUT2D eigenvalue weighted by Crippen LogP contribution is 2.13. The lowest BCUT2D eigenvalue weighted by Gasteiger charge is -2.18. The molecule has 108 valence electrons. The van der Waals surface area contributed by atoms with Crippen LogP contribution < -0.4 is 10.1 Å². The van der Waals surface area contributed by atoms with E-state index < -0.39 is 0 Å². The van der Waals surface area contributed by atoms with Gasteiger partial charge in [0.05, 0.1) is 0 Å². The van der Waals surface area contributed by atoms with Gasteiger partial charge in [0.2, 0.25) is 5.88 Å². The van der Waals surface area contributed by atoms with Crippen LogP contribution in [0.15, 0.2) is 12.1 Å². The number of rotatable bonds is 9. The molecule has 0 aliphatic heterocycles. The van der Waals surface area contributed by atoms with Crippen LogP contribution in [0.2, 0.25) is 0 Å². The Kier molecular flexibility index (Phi) is 7.45. The van der Waals surface area contributed by atoms with Crippen molar-refractivity contribution in [2.75, 3.05) is 33.3 Å². The van der Waals surface area contributed by atoms with E-state index >= 15 is 0 Å². The Labute approximate surface area is 117 Å². The van der Waals surface area contributed by atoms with Crippen LogP contribution in [0.25, 0.3) is 0 Å². The highest BCUT2D eigenvalue weighted by atomic mass is 16.5. The second kappa shape index (κ2) is 8.88. The summed E-state index contributed by atoms with van der Waals surface area (Å²) in [6, 6.07) is 4.16. The third-order valence-corrected chi connectivity index (χ3v) is 3.21. The van der Waals surface area contributed by atoms with Crippen LogP contribution in [0.3, 0.4) is 0 Å². The first kappa shape index (κ1) is 15.9. The summed E-state index contributed by atoms with van der Waals surface area (Å²) in [5.74, 6) is 0.747. The van der Waals surface area contributed by atoms with Crippen LogP contribution in [-0.2, 0) is 13.0 Å². The fraction of sp³-hybridized carbons (Fsp3) is 0.667. The summed E-state index contributed by atoms with van der Waals surface area (Å²) in [4.78, 5) is 6.86. The van der Waals surface area contributed by atoms with Crippen molar-refractivity contribution in [1.82, 2.24) is 15.2 Å². The van der Waals surface area contributed by atoms with Crippen LogP contribution in [-0.4, -0.2) is 43.2 Å². The summed E-state index contributed by atoms with van der Waals surface area (Å²) in [6.07, 6.45) is 0.934. The molecule has 1 aromatic rings. The fourth-order valence-corrected chi connectivity index (χ4v) is 2.00. The maximum atomic E-state index is 5.79. The van der Waals surface area contributed by atoms with Crippen LogP contribution in [0, 0.1) is 0 Å². The minimum atomic E-state index is 0.695. The summed E-state index contributed by atoms with van der Waals surface area (Å²) in [6.45, 7) is 11.1. The molecule has 0 aliphatic rings. The topological polar surface area (TPSA) is 37.4 Å². The minimum Gasteiger partial charge on any atom is -0.476 e. The van der Waals surface area contributed by atoms with E-state index in [1.54, 1.807) is 0 Å². The highest BCUT2D eigenvalue weighted by Gasteiger charge is 2.04. The van der Waals surface area contributed by atoms with Crippen LogP contribution >= 0.6 is 0 Å². The van der Waals surface area contributed by atoms with Gasteiger partial charge in [-0.3, -0.25) is 0 Å². The summed E-state index contributed by atoms with van der Waals surface area (Å²) in [5.41, 5.74) is 2.32. The predicted octanol–water partition coefficient (Wildman–Crippen LogP) is 2.08. The lowest BCUT2D eigenvalue weighted by molar-refractivity contribution is 0.217. The van der Waals surface area contributed by atoms with Gasteiger partial charge in [0.15, 0.2) is 0 Å². The standard InChI is InChI=1S/C15H27N3O/c1-5-14-10-13(12-16-4)11-15(17-14)19-9-8-18(6-2)7-3/h10-11,16H,5-9,12H2,1-4H3. The van der Waals surface area contributed by atoms with Crippen LogP contribution in [0.4, 0.5) is 0 Å². The van der Waals surface area contributed by atoms with Crippen LogP contribution in [0.1, 0.15) is 32.0 Å². The molecule has 0 saturated heterocycles. The molecule has 0 amide bonds. The van der Waals surface area contributed by atoms with Gasteiger partial charge in [-0.2, -0.15) is 0 Å². The van der Waals surface area contributed by atoms with E-state index in [1.807, 2.05) is 13.1 Å². The zero-order valence-corrected chi connectivity index (χ0v) is 12.7. The number of hydrogen-bond acceptors (Lipinski definition) is 4. The number of aryl methyl sites for hydroxylation is 1. The van der Waals surface area contributed by atoms with E-state index in [4.69, 9.17) is 4.74 Å². The molecular formula is C15H27N3O. The Morgan fingerprint density at radius 3 is 2.53 bits per heavy atom. The van der Waals surface area contributed by atoms with Crippen LogP contribution in [0.5, 0.6) is 5.88 Å². The van der Waals surface area contributed by atoms with E-state index in [0.717, 1.165) is 44.2 Å². The van der Waals surface area contributed by atoms with Gasteiger partial charge in [-0.15, -0.1) is 0 Å². The van der Waals surface area contributed by atoms with E-state index in [9.17, 15) is 0 Å².